The van der Waals surface area contributed by atoms with Crippen LogP contribution >= 0.6 is 0 Å². The number of rotatable bonds is 5. The lowest BCUT2D eigenvalue weighted by Crippen LogP contribution is -2.44. The lowest BCUT2D eigenvalue weighted by Gasteiger charge is -2.15. The number of nitrogens with one attached hydrogen (secondary N) is 2. The topological polar surface area (TPSA) is 75.3 Å². The number of hydrogen-bond donors (Lipinski definition) is 2. The third-order valence-corrected chi connectivity index (χ3v) is 4.39. The predicted molar refractivity (Wildman–Crippen MR) is 74.4 cm³/mol. The van der Waals surface area contributed by atoms with Gasteiger partial charge in [0.15, 0.2) is 0 Å². The Morgan fingerprint density at radius 1 is 1.32 bits per heavy atom. The van der Waals surface area contributed by atoms with E-state index in [1.165, 1.54) is 6.92 Å². The summed E-state index contributed by atoms with van der Waals surface area (Å²) in [6.07, 6.45) is 0. The van der Waals surface area contributed by atoms with E-state index in [2.05, 4.69) is 10.0 Å². The Bertz CT molecular complexity index is 567. The zero-order valence-electron chi connectivity index (χ0n) is 11.6. The van der Waals surface area contributed by atoms with E-state index in [1.54, 1.807) is 26.0 Å². The molecule has 5 nitrogen and oxygen atoms in total. The predicted octanol–water partition coefficient (Wildman–Crippen LogP) is 1.11. The van der Waals surface area contributed by atoms with Crippen molar-refractivity contribution >= 4 is 15.9 Å². The van der Waals surface area contributed by atoms with Crippen molar-refractivity contribution in [1.82, 2.24) is 10.0 Å². The van der Waals surface area contributed by atoms with Crippen molar-refractivity contribution in [3.05, 3.63) is 29.3 Å². The van der Waals surface area contributed by atoms with Crippen molar-refractivity contribution in [1.29, 1.82) is 0 Å². The first kappa shape index (κ1) is 15.7. The van der Waals surface area contributed by atoms with Crippen LogP contribution in [0, 0.1) is 13.8 Å². The highest BCUT2D eigenvalue weighted by molar-refractivity contribution is 7.89. The van der Waals surface area contributed by atoms with E-state index >= 15 is 0 Å². The maximum absolute atomic E-state index is 12.2. The molecule has 1 rings (SSSR count). The van der Waals surface area contributed by atoms with Gasteiger partial charge in [-0.1, -0.05) is 12.1 Å². The number of carbonyl (C=O) groups excluding carboxylic acids is 1. The van der Waals surface area contributed by atoms with E-state index < -0.39 is 16.1 Å². The molecule has 2 N–H and O–H groups in total. The van der Waals surface area contributed by atoms with Crippen molar-refractivity contribution < 1.29 is 13.2 Å². The Kier molecular flexibility index (Phi) is 5.08. The van der Waals surface area contributed by atoms with E-state index in [-0.39, 0.29) is 10.8 Å². The molecule has 0 heterocycles. The molecule has 1 aromatic rings. The third-order valence-electron chi connectivity index (χ3n) is 2.71. The van der Waals surface area contributed by atoms with Crippen LogP contribution in [0.2, 0.25) is 0 Å². The molecule has 0 aromatic heterocycles. The van der Waals surface area contributed by atoms with E-state index in [4.69, 9.17) is 0 Å². The summed E-state index contributed by atoms with van der Waals surface area (Å²) >= 11 is 0. The molecule has 1 aromatic carbocycles. The van der Waals surface area contributed by atoms with Crippen molar-refractivity contribution in [2.45, 2.75) is 38.6 Å². The fraction of sp³-hybridized carbons (Fsp3) is 0.462. The maximum atomic E-state index is 12.2. The molecular formula is C13H20N2O3S. The Balaban J connectivity index is 2.99. The summed E-state index contributed by atoms with van der Waals surface area (Å²) in [6, 6.07) is 4.40. The smallest absolute Gasteiger partial charge is 0.241 e. The minimum Gasteiger partial charge on any atom is -0.355 e. The molecule has 0 saturated carbocycles. The van der Waals surface area contributed by atoms with Crippen LogP contribution in [0.15, 0.2) is 23.1 Å². The second kappa shape index (κ2) is 6.16. The number of aryl methyl sites for hydroxylation is 2. The summed E-state index contributed by atoms with van der Waals surface area (Å²) in [5, 5.41) is 2.58. The van der Waals surface area contributed by atoms with Crippen LogP contribution in [0.25, 0.3) is 0 Å². The van der Waals surface area contributed by atoms with E-state index in [0.717, 1.165) is 5.56 Å². The Morgan fingerprint density at radius 2 is 1.95 bits per heavy atom. The van der Waals surface area contributed by atoms with Crippen LogP contribution in [0.1, 0.15) is 25.0 Å². The van der Waals surface area contributed by atoms with Crippen LogP contribution in [-0.4, -0.2) is 26.9 Å². The Morgan fingerprint density at radius 3 is 2.53 bits per heavy atom. The van der Waals surface area contributed by atoms with Gasteiger partial charge in [-0.05, 0) is 44.9 Å². The van der Waals surface area contributed by atoms with Gasteiger partial charge in [-0.25, -0.2) is 8.42 Å². The van der Waals surface area contributed by atoms with Crippen LogP contribution in [0.3, 0.4) is 0 Å². The molecule has 0 bridgehead atoms. The van der Waals surface area contributed by atoms with Crippen LogP contribution < -0.4 is 10.0 Å². The van der Waals surface area contributed by atoms with Gasteiger partial charge in [-0.3, -0.25) is 4.79 Å². The summed E-state index contributed by atoms with van der Waals surface area (Å²) in [4.78, 5) is 11.8. The average Bonchev–Trinajstić information content (AvgIpc) is 2.31. The van der Waals surface area contributed by atoms with Gasteiger partial charge in [0.1, 0.15) is 0 Å². The molecule has 0 aliphatic carbocycles. The van der Waals surface area contributed by atoms with Gasteiger partial charge in [-0.2, -0.15) is 4.72 Å². The molecule has 6 heteroatoms. The number of carbonyl (C=O) groups is 1. The lowest BCUT2D eigenvalue weighted by molar-refractivity contribution is -0.122. The maximum Gasteiger partial charge on any atom is 0.241 e. The minimum absolute atomic E-state index is 0.212. The molecule has 0 radical (unpaired) electrons. The monoisotopic (exact) mass is 284 g/mol. The SMILES string of the molecule is CCNC(=O)[C@H](C)NS(=O)(=O)c1cc(C)ccc1C. The summed E-state index contributed by atoms with van der Waals surface area (Å²) in [7, 11) is -3.69. The van der Waals surface area contributed by atoms with Crippen LogP contribution in [-0.2, 0) is 14.8 Å². The van der Waals surface area contributed by atoms with Crippen molar-refractivity contribution in [3.63, 3.8) is 0 Å². The third kappa shape index (κ3) is 4.04. The van der Waals surface area contributed by atoms with Gasteiger partial charge < -0.3 is 5.32 Å². The molecular weight excluding hydrogens is 264 g/mol. The normalized spacial score (nSPS) is 13.1. The van der Waals surface area contributed by atoms with Gasteiger partial charge >= 0.3 is 0 Å². The first-order chi connectivity index (χ1) is 8.77. The highest BCUT2D eigenvalue weighted by atomic mass is 32.2. The van der Waals surface area contributed by atoms with Crippen molar-refractivity contribution in [3.8, 4) is 0 Å². The quantitative estimate of drug-likeness (QED) is 0.850. The van der Waals surface area contributed by atoms with Gasteiger partial charge in [0, 0.05) is 6.54 Å². The van der Waals surface area contributed by atoms with Gasteiger partial charge in [0.25, 0.3) is 0 Å². The molecule has 0 fully saturated rings. The van der Waals surface area contributed by atoms with Gasteiger partial charge in [-0.15, -0.1) is 0 Å². The van der Waals surface area contributed by atoms with Gasteiger partial charge in [0.05, 0.1) is 10.9 Å². The fourth-order valence-corrected chi connectivity index (χ4v) is 3.21. The summed E-state index contributed by atoms with van der Waals surface area (Å²) in [5.74, 6) is -0.337. The molecule has 106 valence electrons. The Labute approximate surface area is 114 Å². The first-order valence-corrected chi connectivity index (χ1v) is 7.63. The van der Waals surface area contributed by atoms with E-state index in [0.29, 0.717) is 12.1 Å². The van der Waals surface area contributed by atoms with Gasteiger partial charge in [0.2, 0.25) is 15.9 Å². The molecule has 0 unspecified atom stereocenters. The Hall–Kier alpha value is -1.40. The summed E-state index contributed by atoms with van der Waals surface area (Å²) < 4.78 is 26.9. The second-order valence-electron chi connectivity index (χ2n) is 4.51. The average molecular weight is 284 g/mol. The molecule has 0 saturated heterocycles. The van der Waals surface area contributed by atoms with E-state index in [9.17, 15) is 13.2 Å². The van der Waals surface area contributed by atoms with Crippen LogP contribution in [0.4, 0.5) is 0 Å². The number of benzene rings is 1. The molecule has 0 spiro atoms. The zero-order chi connectivity index (χ0) is 14.6. The van der Waals surface area contributed by atoms with E-state index in [1.807, 2.05) is 13.0 Å². The first-order valence-electron chi connectivity index (χ1n) is 6.15. The number of sulfonamides is 1. The molecule has 19 heavy (non-hydrogen) atoms. The van der Waals surface area contributed by atoms with Crippen molar-refractivity contribution in [2.24, 2.45) is 0 Å². The number of amides is 1. The second-order valence-corrected chi connectivity index (χ2v) is 6.19. The molecule has 1 atom stereocenters. The molecule has 0 aliphatic rings. The highest BCUT2D eigenvalue weighted by Crippen LogP contribution is 2.16. The number of hydrogen-bond acceptors (Lipinski definition) is 3. The van der Waals surface area contributed by atoms with Crippen LogP contribution in [0.5, 0.6) is 0 Å². The summed E-state index contributed by atoms with van der Waals surface area (Å²) in [6.45, 7) is 7.32. The zero-order valence-corrected chi connectivity index (χ0v) is 12.5. The number of likely N-dealkylation sites (N-methyl/N-ethyl adjacent to an activating group) is 1. The fourth-order valence-electron chi connectivity index (χ4n) is 1.67. The highest BCUT2D eigenvalue weighted by Gasteiger charge is 2.23. The lowest BCUT2D eigenvalue weighted by atomic mass is 10.2. The molecule has 0 aliphatic heterocycles. The standard InChI is InChI=1S/C13H20N2O3S/c1-5-14-13(16)11(4)15-19(17,18)12-8-9(2)6-7-10(12)3/h6-8,11,15H,5H2,1-4H3,(H,14,16)/t11-/m0/s1. The van der Waals surface area contributed by atoms with Crippen molar-refractivity contribution in [2.75, 3.05) is 6.54 Å². The minimum atomic E-state index is -3.69. The largest absolute Gasteiger partial charge is 0.355 e. The summed E-state index contributed by atoms with van der Waals surface area (Å²) in [5.41, 5.74) is 1.51. The molecule has 1 amide bonds.